The zero-order chi connectivity index (χ0) is 27.9. The maximum atomic E-state index is 13.6. The van der Waals surface area contributed by atoms with Gasteiger partial charge in [0.05, 0.1) is 29.3 Å². The van der Waals surface area contributed by atoms with Crippen LogP contribution in [0.1, 0.15) is 47.6 Å². The Bertz CT molecular complexity index is 1550. The van der Waals surface area contributed by atoms with Crippen molar-refractivity contribution in [3.05, 3.63) is 82.0 Å². The number of aliphatic hydroxyl groups excluding tert-OH is 1. The summed E-state index contributed by atoms with van der Waals surface area (Å²) in [5, 5.41) is 20.7. The van der Waals surface area contributed by atoms with Crippen molar-refractivity contribution in [1.29, 1.82) is 0 Å². The van der Waals surface area contributed by atoms with Gasteiger partial charge in [-0.1, -0.05) is 23.7 Å². The van der Waals surface area contributed by atoms with Crippen LogP contribution in [-0.4, -0.2) is 49.2 Å². The average molecular weight is 565 g/mol. The smallest absolute Gasteiger partial charge is 0.265 e. The van der Waals surface area contributed by atoms with Crippen LogP contribution in [0.5, 0.6) is 0 Å². The van der Waals surface area contributed by atoms with Gasteiger partial charge in [0.2, 0.25) is 5.91 Å². The molecule has 39 heavy (non-hydrogen) atoms. The number of rotatable bonds is 8. The molecule has 4 aromatic rings. The van der Waals surface area contributed by atoms with Gasteiger partial charge >= 0.3 is 0 Å². The molecule has 11 heteroatoms. The first-order valence-electron chi connectivity index (χ1n) is 12.5. The molecule has 0 saturated heterocycles. The highest BCUT2D eigenvalue weighted by Gasteiger charge is 2.48. The zero-order valence-corrected chi connectivity index (χ0v) is 23.5. The highest BCUT2D eigenvalue weighted by molar-refractivity contribution is 7.17. The van der Waals surface area contributed by atoms with Crippen LogP contribution in [0.4, 0.5) is 11.6 Å². The fourth-order valence-electron chi connectivity index (χ4n) is 4.95. The number of carbonyl (C=O) groups is 2. The van der Waals surface area contributed by atoms with Crippen molar-refractivity contribution in [3.8, 4) is 10.4 Å². The second-order valence-electron chi connectivity index (χ2n) is 9.96. The lowest BCUT2D eigenvalue weighted by molar-refractivity contribution is -0.127. The van der Waals surface area contributed by atoms with Crippen molar-refractivity contribution < 1.29 is 14.7 Å². The zero-order valence-electron chi connectivity index (χ0n) is 22.0. The van der Waals surface area contributed by atoms with Crippen molar-refractivity contribution in [2.45, 2.75) is 38.4 Å². The van der Waals surface area contributed by atoms with Gasteiger partial charge < -0.3 is 20.6 Å². The van der Waals surface area contributed by atoms with Gasteiger partial charge in [-0.2, -0.15) is 5.10 Å². The molecule has 202 valence electrons. The summed E-state index contributed by atoms with van der Waals surface area (Å²) in [6, 6.07) is 13.3. The molecule has 1 aromatic carbocycles. The average Bonchev–Trinajstić information content (AvgIpc) is 3.58. The minimum Gasteiger partial charge on any atom is -0.394 e. The van der Waals surface area contributed by atoms with E-state index in [0.717, 1.165) is 21.8 Å². The van der Waals surface area contributed by atoms with E-state index < -0.39 is 17.6 Å². The molecule has 1 aliphatic heterocycles. The molecule has 2 amide bonds. The fourth-order valence-corrected chi connectivity index (χ4v) is 6.39. The number of hydrogen-bond donors (Lipinski definition) is 3. The standard InChI is InChI=1S/C28H29ClN6O3S/c1-16(26(37)32-21(15-36)17-6-5-7-19(29)12-17)35-27(38)25-20(28(35,2)3)14-22(39-25)18-8-10-30-23(13-18)33-24-9-11-31-34(24)4/h5-14,16,21,36H,15H2,1-4H3,(H,30,33)(H,32,37)/t16-,21+/m0/s1. The third kappa shape index (κ3) is 5.03. The van der Waals surface area contributed by atoms with Crippen LogP contribution in [0.3, 0.4) is 0 Å². The number of thiophene rings is 1. The molecular formula is C28H29ClN6O3S. The number of hydrogen-bond acceptors (Lipinski definition) is 7. The molecule has 1 aliphatic rings. The summed E-state index contributed by atoms with van der Waals surface area (Å²) in [7, 11) is 1.85. The lowest BCUT2D eigenvalue weighted by Crippen LogP contribution is -2.52. The monoisotopic (exact) mass is 564 g/mol. The Kier molecular flexibility index (Phi) is 7.19. The van der Waals surface area contributed by atoms with Crippen molar-refractivity contribution in [1.82, 2.24) is 25.0 Å². The summed E-state index contributed by atoms with van der Waals surface area (Å²) in [6.45, 7) is 5.30. The van der Waals surface area contributed by atoms with E-state index in [1.54, 1.807) is 53.2 Å². The molecule has 3 aromatic heterocycles. The van der Waals surface area contributed by atoms with Gasteiger partial charge in [-0.15, -0.1) is 11.3 Å². The van der Waals surface area contributed by atoms with Crippen molar-refractivity contribution in [2.24, 2.45) is 7.05 Å². The van der Waals surface area contributed by atoms with E-state index >= 15 is 0 Å². The van der Waals surface area contributed by atoms with E-state index in [2.05, 4.69) is 20.7 Å². The molecule has 5 rings (SSSR count). The van der Waals surface area contributed by atoms with Gasteiger partial charge in [0.1, 0.15) is 17.7 Å². The molecule has 9 nitrogen and oxygen atoms in total. The molecule has 0 saturated carbocycles. The number of aliphatic hydroxyl groups is 1. The lowest BCUT2D eigenvalue weighted by atomic mass is 9.95. The van der Waals surface area contributed by atoms with Gasteiger partial charge in [0.15, 0.2) is 0 Å². The first-order valence-corrected chi connectivity index (χ1v) is 13.7. The quantitative estimate of drug-likeness (QED) is 0.281. The predicted octanol–water partition coefficient (Wildman–Crippen LogP) is 4.87. The Labute approximate surface area is 235 Å². The van der Waals surface area contributed by atoms with Gasteiger partial charge in [-0.3, -0.25) is 14.3 Å². The van der Waals surface area contributed by atoms with E-state index in [9.17, 15) is 14.7 Å². The van der Waals surface area contributed by atoms with E-state index in [-0.39, 0.29) is 18.4 Å². The second kappa shape index (κ2) is 10.4. The summed E-state index contributed by atoms with van der Waals surface area (Å²) >= 11 is 7.50. The van der Waals surface area contributed by atoms with Gasteiger partial charge in [-0.05, 0) is 62.2 Å². The Morgan fingerprint density at radius 2 is 1.97 bits per heavy atom. The number of amides is 2. The largest absolute Gasteiger partial charge is 0.394 e. The van der Waals surface area contributed by atoms with Crippen molar-refractivity contribution in [3.63, 3.8) is 0 Å². The van der Waals surface area contributed by atoms with Crippen LogP contribution < -0.4 is 10.6 Å². The van der Waals surface area contributed by atoms with Crippen LogP contribution in [0.25, 0.3) is 10.4 Å². The number of nitrogens with one attached hydrogen (secondary N) is 2. The van der Waals surface area contributed by atoms with Crippen LogP contribution in [-0.2, 0) is 17.4 Å². The molecule has 0 bridgehead atoms. The summed E-state index contributed by atoms with van der Waals surface area (Å²) in [5.41, 5.74) is 1.78. The minimum atomic E-state index is -0.764. The number of fused-ring (bicyclic) bond motifs is 1. The summed E-state index contributed by atoms with van der Waals surface area (Å²) in [4.78, 5) is 34.5. The first kappa shape index (κ1) is 26.9. The number of carbonyl (C=O) groups excluding carboxylic acids is 2. The van der Waals surface area contributed by atoms with E-state index in [1.807, 2.05) is 45.2 Å². The molecule has 0 aliphatic carbocycles. The number of halogens is 1. The minimum absolute atomic E-state index is 0.195. The topological polar surface area (TPSA) is 112 Å². The predicted molar refractivity (Wildman–Crippen MR) is 152 cm³/mol. The summed E-state index contributed by atoms with van der Waals surface area (Å²) in [6.07, 6.45) is 3.43. The third-order valence-corrected chi connectivity index (χ3v) is 8.45. The first-order chi connectivity index (χ1) is 18.6. The number of aromatic nitrogens is 3. The number of aryl methyl sites for hydroxylation is 1. The van der Waals surface area contributed by atoms with Crippen LogP contribution >= 0.6 is 22.9 Å². The SMILES string of the molecule is C[C@@H](C(=O)N[C@H](CO)c1cccc(Cl)c1)N1C(=O)c2sc(-c3ccnc(Nc4ccnn4C)c3)cc2C1(C)C. The number of anilines is 2. The Morgan fingerprint density at radius 1 is 1.18 bits per heavy atom. The Morgan fingerprint density at radius 3 is 2.64 bits per heavy atom. The van der Waals surface area contributed by atoms with Crippen LogP contribution in [0, 0.1) is 0 Å². The van der Waals surface area contributed by atoms with E-state index in [4.69, 9.17) is 11.6 Å². The molecule has 4 heterocycles. The van der Waals surface area contributed by atoms with Gasteiger partial charge in [0, 0.05) is 34.8 Å². The number of pyridine rings is 1. The fraction of sp³-hybridized carbons (Fsp3) is 0.286. The molecular weight excluding hydrogens is 536 g/mol. The van der Waals surface area contributed by atoms with E-state index in [1.165, 1.54) is 11.3 Å². The van der Waals surface area contributed by atoms with Gasteiger partial charge in [0.25, 0.3) is 5.91 Å². The van der Waals surface area contributed by atoms with Crippen LogP contribution in [0.2, 0.25) is 5.02 Å². The van der Waals surface area contributed by atoms with Crippen molar-refractivity contribution in [2.75, 3.05) is 11.9 Å². The molecule has 0 fully saturated rings. The Hall–Kier alpha value is -3.73. The van der Waals surface area contributed by atoms with Crippen LogP contribution in [0.15, 0.2) is 60.9 Å². The highest BCUT2D eigenvalue weighted by atomic mass is 35.5. The van der Waals surface area contributed by atoms with Gasteiger partial charge in [-0.25, -0.2) is 4.98 Å². The molecule has 2 atom stereocenters. The number of nitrogens with zero attached hydrogens (tertiary/aromatic N) is 4. The maximum Gasteiger partial charge on any atom is 0.265 e. The summed E-state index contributed by atoms with van der Waals surface area (Å²) < 4.78 is 1.72. The number of benzene rings is 1. The van der Waals surface area contributed by atoms with Crippen molar-refractivity contribution >= 4 is 46.4 Å². The molecule has 0 unspecified atom stereocenters. The maximum absolute atomic E-state index is 13.6. The Balaban J connectivity index is 1.36. The lowest BCUT2D eigenvalue weighted by Gasteiger charge is -2.37. The third-order valence-electron chi connectivity index (χ3n) is 7.04. The summed E-state index contributed by atoms with van der Waals surface area (Å²) in [5.74, 6) is 0.928. The molecule has 3 N–H and O–H groups in total. The normalized spacial score (nSPS) is 15.6. The highest BCUT2D eigenvalue weighted by Crippen LogP contribution is 2.46. The molecule has 0 radical (unpaired) electrons. The second-order valence-corrected chi connectivity index (χ2v) is 11.4. The van der Waals surface area contributed by atoms with E-state index in [0.29, 0.717) is 21.3 Å². The molecule has 0 spiro atoms.